The van der Waals surface area contributed by atoms with Crippen LogP contribution in [0.2, 0.25) is 0 Å². The number of hydrogen-bond donors (Lipinski definition) is 2. The maximum Gasteiger partial charge on any atom is 0.204 e. The molecule has 3 aromatic rings. The molecule has 0 radical (unpaired) electrons. The fourth-order valence-corrected chi connectivity index (χ4v) is 5.28. The van der Waals surface area contributed by atoms with Crippen molar-refractivity contribution >= 4 is 23.1 Å². The number of benzene rings is 2. The normalized spacial score (nSPS) is 20.9. The van der Waals surface area contributed by atoms with Crippen molar-refractivity contribution < 1.29 is 9.18 Å². The van der Waals surface area contributed by atoms with Crippen LogP contribution in [-0.4, -0.2) is 24.0 Å². The molecule has 2 heterocycles. The number of hydrogen-bond acceptors (Lipinski definition) is 4. The third-order valence-electron chi connectivity index (χ3n) is 7.31. The predicted octanol–water partition coefficient (Wildman–Crippen LogP) is 4.90. The van der Waals surface area contributed by atoms with Crippen LogP contribution >= 0.6 is 0 Å². The topological polar surface area (TPSA) is 85.2 Å². The van der Waals surface area contributed by atoms with Crippen LogP contribution in [-0.2, 0) is 24.1 Å². The van der Waals surface area contributed by atoms with Crippen LogP contribution in [0.5, 0.6) is 0 Å². The minimum atomic E-state index is -0.0991. The molecule has 1 aliphatic carbocycles. The van der Waals surface area contributed by atoms with Gasteiger partial charge < -0.3 is 16.4 Å². The third-order valence-corrected chi connectivity index (χ3v) is 7.31. The number of fused-ring (bicyclic) bond motifs is 1. The third kappa shape index (κ3) is 5.81. The lowest BCUT2D eigenvalue weighted by Crippen LogP contribution is -2.27. The number of amides is 1. The summed E-state index contributed by atoms with van der Waals surface area (Å²) in [5.74, 6) is 1.88. The van der Waals surface area contributed by atoms with Gasteiger partial charge in [0.25, 0.3) is 0 Å². The number of para-hydroxylation sites is 1. The van der Waals surface area contributed by atoms with E-state index in [2.05, 4.69) is 54.5 Å². The molecule has 184 valence electrons. The summed E-state index contributed by atoms with van der Waals surface area (Å²) in [4.78, 5) is 15.9. The van der Waals surface area contributed by atoms with Gasteiger partial charge in [0.1, 0.15) is 11.6 Å². The van der Waals surface area contributed by atoms with Gasteiger partial charge in [0.05, 0.1) is 5.52 Å². The number of allylic oxidation sites excluding steroid dienone is 1. The molecule has 4 N–H and O–H groups in total. The highest BCUT2D eigenvalue weighted by Crippen LogP contribution is 2.44. The predicted molar refractivity (Wildman–Crippen MR) is 140 cm³/mol. The monoisotopic (exact) mass is 474 g/mol. The standard InChI is InChI=1S/C28H32FN3.CH3NO/c1-18-6-5-13-32(18)28-17-22(24-7-3-4-8-27(24)31-28)12-11-21-10-9-20(15-26(21)29)14-23-16-25(23)19(2)30;2-1-3/h3-4,7-10,15,17-18,23,25H,2,5-6,11-14,16,30H2,1H3;1H,(H2,2,3). The number of anilines is 1. The molecule has 35 heavy (non-hydrogen) atoms. The van der Waals surface area contributed by atoms with Gasteiger partial charge >= 0.3 is 0 Å². The summed E-state index contributed by atoms with van der Waals surface area (Å²) in [6, 6.07) is 16.8. The maximum absolute atomic E-state index is 14.9. The molecule has 6 heteroatoms. The fraction of sp³-hybridized carbons (Fsp3) is 0.379. The largest absolute Gasteiger partial charge is 0.402 e. The Labute approximate surface area is 207 Å². The molecule has 2 aliphatic rings. The van der Waals surface area contributed by atoms with E-state index in [9.17, 15) is 4.39 Å². The molecule has 3 unspecified atom stereocenters. The van der Waals surface area contributed by atoms with Gasteiger partial charge in [0.15, 0.2) is 0 Å². The summed E-state index contributed by atoms with van der Waals surface area (Å²) in [7, 11) is 0. The van der Waals surface area contributed by atoms with Crippen LogP contribution in [0.4, 0.5) is 10.2 Å². The van der Waals surface area contributed by atoms with Crippen molar-refractivity contribution in [1.82, 2.24) is 4.98 Å². The average molecular weight is 475 g/mol. The first-order valence-electron chi connectivity index (χ1n) is 12.4. The van der Waals surface area contributed by atoms with Crippen molar-refractivity contribution in [3.63, 3.8) is 0 Å². The van der Waals surface area contributed by atoms with Crippen LogP contribution in [0, 0.1) is 17.7 Å². The first-order valence-corrected chi connectivity index (χ1v) is 12.4. The molecule has 1 aromatic heterocycles. The van der Waals surface area contributed by atoms with E-state index in [1.165, 1.54) is 23.8 Å². The van der Waals surface area contributed by atoms with Crippen LogP contribution in [0.1, 0.15) is 42.9 Å². The lowest BCUT2D eigenvalue weighted by atomic mass is 9.98. The summed E-state index contributed by atoms with van der Waals surface area (Å²) in [6.45, 7) is 7.18. The lowest BCUT2D eigenvalue weighted by Gasteiger charge is -2.24. The minimum absolute atomic E-state index is 0.0991. The highest BCUT2D eigenvalue weighted by Gasteiger charge is 2.38. The summed E-state index contributed by atoms with van der Waals surface area (Å²) in [6.07, 6.45) is 6.11. The summed E-state index contributed by atoms with van der Waals surface area (Å²) in [5.41, 5.74) is 14.8. The zero-order chi connectivity index (χ0) is 24.9. The van der Waals surface area contributed by atoms with E-state index in [1.807, 2.05) is 12.1 Å². The summed E-state index contributed by atoms with van der Waals surface area (Å²) in [5, 5.41) is 1.17. The quantitative estimate of drug-likeness (QED) is 0.477. The van der Waals surface area contributed by atoms with E-state index in [-0.39, 0.29) is 12.2 Å². The number of nitrogens with two attached hydrogens (primary N) is 2. The number of nitrogens with zero attached hydrogens (tertiary/aromatic N) is 2. The Balaban J connectivity index is 0.000000917. The first kappa shape index (κ1) is 24.7. The number of rotatable bonds is 7. The van der Waals surface area contributed by atoms with Gasteiger partial charge in [0, 0.05) is 29.6 Å². The smallest absolute Gasteiger partial charge is 0.204 e. The van der Waals surface area contributed by atoms with Crippen molar-refractivity contribution in [3.8, 4) is 0 Å². The molecular formula is C29H35FN4O. The number of aryl methyl sites for hydroxylation is 2. The van der Waals surface area contributed by atoms with Crippen LogP contribution in [0.25, 0.3) is 10.9 Å². The Morgan fingerprint density at radius 1 is 1.20 bits per heavy atom. The Morgan fingerprint density at radius 2 is 1.94 bits per heavy atom. The minimum Gasteiger partial charge on any atom is -0.402 e. The molecule has 1 aliphatic heterocycles. The van der Waals surface area contributed by atoms with Crippen molar-refractivity contribution in [2.45, 2.75) is 51.5 Å². The number of carbonyl (C=O) groups excluding carboxylic acids is 1. The molecular weight excluding hydrogens is 439 g/mol. The molecule has 3 atom stereocenters. The number of primary amides is 1. The Hall–Kier alpha value is -3.41. The molecule has 1 saturated carbocycles. The Kier molecular flexibility index (Phi) is 7.69. The highest BCUT2D eigenvalue weighted by molar-refractivity contribution is 5.84. The molecule has 2 aromatic carbocycles. The molecule has 2 fully saturated rings. The van der Waals surface area contributed by atoms with Crippen LogP contribution in [0.15, 0.2) is 60.8 Å². The second-order valence-electron chi connectivity index (χ2n) is 9.78. The van der Waals surface area contributed by atoms with Gasteiger partial charge in [-0.05, 0) is 86.3 Å². The van der Waals surface area contributed by atoms with Gasteiger partial charge in [-0.1, -0.05) is 36.9 Å². The van der Waals surface area contributed by atoms with Gasteiger partial charge in [-0.15, -0.1) is 0 Å². The average Bonchev–Trinajstić information content (AvgIpc) is 3.48. The van der Waals surface area contributed by atoms with Gasteiger partial charge in [0.2, 0.25) is 6.41 Å². The molecule has 0 bridgehead atoms. The second kappa shape index (κ2) is 10.9. The van der Waals surface area contributed by atoms with E-state index in [0.717, 1.165) is 54.0 Å². The number of pyridine rings is 1. The zero-order valence-electron chi connectivity index (χ0n) is 20.4. The Bertz CT molecular complexity index is 1210. The van der Waals surface area contributed by atoms with Crippen molar-refractivity contribution in [2.75, 3.05) is 11.4 Å². The van der Waals surface area contributed by atoms with Crippen molar-refractivity contribution in [3.05, 3.63) is 83.3 Å². The Morgan fingerprint density at radius 3 is 2.60 bits per heavy atom. The molecule has 5 rings (SSSR count). The number of aromatic nitrogens is 1. The van der Waals surface area contributed by atoms with E-state index < -0.39 is 0 Å². The number of halogens is 1. The van der Waals surface area contributed by atoms with Gasteiger partial charge in [-0.25, -0.2) is 9.37 Å². The van der Waals surface area contributed by atoms with Crippen LogP contribution in [0.3, 0.4) is 0 Å². The van der Waals surface area contributed by atoms with E-state index in [1.54, 1.807) is 6.07 Å². The van der Waals surface area contributed by atoms with Crippen molar-refractivity contribution in [2.24, 2.45) is 23.3 Å². The van der Waals surface area contributed by atoms with Gasteiger partial charge in [-0.3, -0.25) is 4.79 Å². The maximum atomic E-state index is 14.9. The van der Waals surface area contributed by atoms with E-state index >= 15 is 0 Å². The van der Waals surface area contributed by atoms with Crippen LogP contribution < -0.4 is 16.4 Å². The molecule has 0 spiro atoms. The molecule has 1 amide bonds. The molecule has 1 saturated heterocycles. The fourth-order valence-electron chi connectivity index (χ4n) is 5.28. The SMILES string of the molecule is C=C(N)C1CC1Cc1ccc(CCc2cc(N3CCCC3C)nc3ccccc23)c(F)c1.NC=O. The summed E-state index contributed by atoms with van der Waals surface area (Å²) >= 11 is 0. The highest BCUT2D eigenvalue weighted by atomic mass is 19.1. The first-order chi connectivity index (χ1) is 16.9. The van der Waals surface area contributed by atoms with Gasteiger partial charge in [-0.2, -0.15) is 0 Å². The summed E-state index contributed by atoms with van der Waals surface area (Å²) < 4.78 is 14.9. The van der Waals surface area contributed by atoms with E-state index in [4.69, 9.17) is 15.5 Å². The second-order valence-corrected chi connectivity index (χ2v) is 9.78. The number of carbonyl (C=O) groups is 1. The van der Waals surface area contributed by atoms with Crippen molar-refractivity contribution in [1.29, 1.82) is 0 Å². The molecule has 5 nitrogen and oxygen atoms in total. The van der Waals surface area contributed by atoms with E-state index in [0.29, 0.717) is 24.3 Å². The zero-order valence-corrected chi connectivity index (χ0v) is 20.4. The lowest BCUT2D eigenvalue weighted by molar-refractivity contribution is -0.106.